The van der Waals surface area contributed by atoms with E-state index in [1.165, 1.54) is 4.68 Å². The first-order valence-corrected chi connectivity index (χ1v) is 9.87. The quantitative estimate of drug-likeness (QED) is 0.691. The minimum absolute atomic E-state index is 0.0899. The van der Waals surface area contributed by atoms with Crippen LogP contribution in [0.15, 0.2) is 59.4 Å². The lowest BCUT2D eigenvalue weighted by Gasteiger charge is -2.14. The average molecular weight is 408 g/mol. The molecule has 2 heterocycles. The lowest BCUT2D eigenvalue weighted by molar-refractivity contribution is -0.124. The number of thioether (sulfide) groups is 1. The van der Waals surface area contributed by atoms with Crippen LogP contribution >= 0.6 is 11.8 Å². The SMILES string of the molecule is O=C(NCCN1C(=O)CSC1=O)c1nn(-c2ccccc2)c(=O)c2ccccc12. The first kappa shape index (κ1) is 18.9. The summed E-state index contributed by atoms with van der Waals surface area (Å²) in [5.74, 6) is -0.630. The zero-order valence-corrected chi connectivity index (χ0v) is 16.0. The van der Waals surface area contributed by atoms with Gasteiger partial charge in [0, 0.05) is 18.5 Å². The Bertz CT molecular complexity index is 1160. The molecule has 1 aliphatic heterocycles. The number of nitrogens with zero attached hydrogens (tertiary/aromatic N) is 3. The molecule has 1 N–H and O–H groups in total. The number of hydrogen-bond donors (Lipinski definition) is 1. The fraction of sp³-hybridized carbons (Fsp3) is 0.150. The molecular formula is C20H16N4O4S. The Balaban J connectivity index is 1.65. The maximum absolute atomic E-state index is 12.8. The van der Waals surface area contributed by atoms with E-state index < -0.39 is 5.91 Å². The molecule has 0 radical (unpaired) electrons. The largest absolute Gasteiger partial charge is 0.349 e. The summed E-state index contributed by atoms with van der Waals surface area (Å²) in [7, 11) is 0. The highest BCUT2D eigenvalue weighted by molar-refractivity contribution is 8.14. The molecule has 1 saturated heterocycles. The van der Waals surface area contributed by atoms with E-state index in [0.717, 1.165) is 16.7 Å². The van der Waals surface area contributed by atoms with Gasteiger partial charge in [-0.3, -0.25) is 24.1 Å². The number of nitrogens with one attached hydrogen (secondary N) is 1. The monoisotopic (exact) mass is 408 g/mol. The number of hydrogen-bond acceptors (Lipinski definition) is 6. The second-order valence-electron chi connectivity index (χ2n) is 6.30. The van der Waals surface area contributed by atoms with Crippen molar-refractivity contribution in [2.75, 3.05) is 18.8 Å². The van der Waals surface area contributed by atoms with Gasteiger partial charge in [-0.25, -0.2) is 0 Å². The van der Waals surface area contributed by atoms with Crippen molar-refractivity contribution in [3.63, 3.8) is 0 Å². The molecule has 1 aromatic heterocycles. The van der Waals surface area contributed by atoms with Gasteiger partial charge in [0.2, 0.25) is 5.91 Å². The number of fused-ring (bicyclic) bond motifs is 1. The van der Waals surface area contributed by atoms with Crippen LogP contribution in [0.25, 0.3) is 16.5 Å². The van der Waals surface area contributed by atoms with Gasteiger partial charge in [0.25, 0.3) is 16.7 Å². The molecule has 9 heteroatoms. The zero-order valence-electron chi connectivity index (χ0n) is 15.2. The lowest BCUT2D eigenvalue weighted by Crippen LogP contribution is -2.38. The van der Waals surface area contributed by atoms with E-state index in [1.807, 2.05) is 6.07 Å². The molecule has 0 atom stereocenters. The maximum atomic E-state index is 12.8. The molecule has 2 aromatic carbocycles. The molecule has 0 unspecified atom stereocenters. The van der Waals surface area contributed by atoms with Crippen LogP contribution in [-0.4, -0.2) is 50.6 Å². The van der Waals surface area contributed by atoms with Crippen LogP contribution in [0.3, 0.4) is 0 Å². The van der Waals surface area contributed by atoms with Crippen molar-refractivity contribution in [2.24, 2.45) is 0 Å². The normalized spacial score (nSPS) is 13.9. The van der Waals surface area contributed by atoms with E-state index in [4.69, 9.17) is 0 Å². The second-order valence-corrected chi connectivity index (χ2v) is 7.23. The Morgan fingerprint density at radius 1 is 1.00 bits per heavy atom. The Kier molecular flexibility index (Phi) is 5.13. The van der Waals surface area contributed by atoms with E-state index in [2.05, 4.69) is 10.4 Å². The van der Waals surface area contributed by atoms with Gasteiger partial charge < -0.3 is 5.32 Å². The van der Waals surface area contributed by atoms with Gasteiger partial charge in [-0.1, -0.05) is 48.2 Å². The van der Waals surface area contributed by atoms with Gasteiger partial charge in [0.1, 0.15) is 0 Å². The molecule has 0 saturated carbocycles. The minimum Gasteiger partial charge on any atom is -0.349 e. The van der Waals surface area contributed by atoms with Crippen LogP contribution in [0, 0.1) is 0 Å². The minimum atomic E-state index is -0.488. The number of benzene rings is 2. The standard InChI is InChI=1S/C20H16N4O4S/c25-16-12-29-20(28)23(16)11-10-21-18(26)17-14-8-4-5-9-15(14)19(27)24(22-17)13-6-2-1-3-7-13/h1-9H,10-12H2,(H,21,26). The maximum Gasteiger partial charge on any atom is 0.288 e. The first-order chi connectivity index (χ1) is 14.1. The number of carbonyl (C=O) groups is 3. The summed E-state index contributed by atoms with van der Waals surface area (Å²) >= 11 is 0.946. The lowest BCUT2D eigenvalue weighted by atomic mass is 10.1. The highest BCUT2D eigenvalue weighted by atomic mass is 32.2. The Morgan fingerprint density at radius 3 is 2.38 bits per heavy atom. The molecule has 0 bridgehead atoms. The van der Waals surface area contributed by atoms with Crippen LogP contribution in [0.2, 0.25) is 0 Å². The highest BCUT2D eigenvalue weighted by Gasteiger charge is 2.29. The Morgan fingerprint density at radius 2 is 1.69 bits per heavy atom. The van der Waals surface area contributed by atoms with E-state index in [0.29, 0.717) is 16.5 Å². The van der Waals surface area contributed by atoms with Gasteiger partial charge in [0.15, 0.2) is 5.69 Å². The predicted molar refractivity (Wildman–Crippen MR) is 109 cm³/mol. The van der Waals surface area contributed by atoms with Crippen LogP contribution in [0.1, 0.15) is 10.5 Å². The number of aromatic nitrogens is 2. The third-order valence-corrected chi connectivity index (χ3v) is 5.34. The summed E-state index contributed by atoms with van der Waals surface area (Å²) in [6, 6.07) is 15.6. The van der Waals surface area contributed by atoms with Gasteiger partial charge >= 0.3 is 0 Å². The second kappa shape index (κ2) is 7.88. The van der Waals surface area contributed by atoms with Gasteiger partial charge in [-0.2, -0.15) is 9.78 Å². The molecule has 3 amide bonds. The molecule has 1 fully saturated rings. The third kappa shape index (κ3) is 3.64. The van der Waals surface area contributed by atoms with Crippen molar-refractivity contribution in [2.45, 2.75) is 0 Å². The summed E-state index contributed by atoms with van der Waals surface area (Å²) in [5, 5.41) is 7.47. The van der Waals surface area contributed by atoms with Crippen LogP contribution in [0.4, 0.5) is 4.79 Å². The van der Waals surface area contributed by atoms with Crippen molar-refractivity contribution >= 4 is 39.6 Å². The number of imide groups is 1. The van der Waals surface area contributed by atoms with Crippen molar-refractivity contribution < 1.29 is 14.4 Å². The van der Waals surface area contributed by atoms with Crippen LogP contribution in [0.5, 0.6) is 0 Å². The molecule has 8 nitrogen and oxygen atoms in total. The van der Waals surface area contributed by atoms with Gasteiger partial charge in [0.05, 0.1) is 16.8 Å². The molecule has 3 aromatic rings. The summed E-state index contributed by atoms with van der Waals surface area (Å²) in [4.78, 5) is 50.1. The van der Waals surface area contributed by atoms with Crippen LogP contribution in [-0.2, 0) is 4.79 Å². The average Bonchev–Trinajstić information content (AvgIpc) is 3.07. The van der Waals surface area contributed by atoms with Crippen molar-refractivity contribution in [3.8, 4) is 5.69 Å². The first-order valence-electron chi connectivity index (χ1n) is 8.89. The smallest absolute Gasteiger partial charge is 0.288 e. The van der Waals surface area contributed by atoms with Gasteiger partial charge in [-0.05, 0) is 18.2 Å². The number of rotatable bonds is 5. The highest BCUT2D eigenvalue weighted by Crippen LogP contribution is 2.18. The van der Waals surface area contributed by atoms with E-state index in [9.17, 15) is 19.2 Å². The van der Waals surface area contributed by atoms with Crippen LogP contribution < -0.4 is 10.9 Å². The summed E-state index contributed by atoms with van der Waals surface area (Å²) in [6.45, 7) is 0.185. The van der Waals surface area contributed by atoms with E-state index >= 15 is 0 Å². The fourth-order valence-electron chi connectivity index (χ4n) is 3.06. The summed E-state index contributed by atoms with van der Waals surface area (Å²) in [6.07, 6.45) is 0. The third-order valence-electron chi connectivity index (χ3n) is 4.48. The Hall–Kier alpha value is -3.46. The summed E-state index contributed by atoms with van der Waals surface area (Å²) < 4.78 is 1.20. The topological polar surface area (TPSA) is 101 Å². The number of para-hydroxylation sites is 1. The summed E-state index contributed by atoms with van der Waals surface area (Å²) in [5.41, 5.74) is 0.314. The molecule has 1 aliphatic rings. The predicted octanol–water partition coefficient (Wildman–Crippen LogP) is 1.81. The molecule has 0 aliphatic carbocycles. The molecule has 4 rings (SSSR count). The fourth-order valence-corrected chi connectivity index (χ4v) is 3.82. The molecule has 0 spiro atoms. The van der Waals surface area contributed by atoms with Crippen molar-refractivity contribution in [3.05, 3.63) is 70.6 Å². The van der Waals surface area contributed by atoms with E-state index in [-0.39, 0.29) is 41.2 Å². The molecule has 146 valence electrons. The van der Waals surface area contributed by atoms with E-state index in [1.54, 1.807) is 48.5 Å². The zero-order chi connectivity index (χ0) is 20.4. The van der Waals surface area contributed by atoms with Gasteiger partial charge in [-0.15, -0.1) is 0 Å². The van der Waals surface area contributed by atoms with Crippen molar-refractivity contribution in [1.82, 2.24) is 20.0 Å². The Labute approximate surface area is 169 Å². The molecule has 29 heavy (non-hydrogen) atoms. The van der Waals surface area contributed by atoms with Crippen molar-refractivity contribution in [1.29, 1.82) is 0 Å². The number of amides is 3. The molecular weight excluding hydrogens is 392 g/mol. The number of carbonyl (C=O) groups excluding carboxylic acids is 3.